The van der Waals surface area contributed by atoms with Crippen LogP contribution >= 0.6 is 0 Å². The molecule has 1 rings (SSSR count). The van der Waals surface area contributed by atoms with E-state index in [0.29, 0.717) is 0 Å². The van der Waals surface area contributed by atoms with Gasteiger partial charge in [-0.15, -0.1) is 0 Å². The lowest BCUT2D eigenvalue weighted by molar-refractivity contribution is 0.0679. The summed E-state index contributed by atoms with van der Waals surface area (Å²) in [5.41, 5.74) is 0. The molecule has 88 valence electrons. The van der Waals surface area contributed by atoms with Gasteiger partial charge in [-0.1, -0.05) is 0 Å². The van der Waals surface area contributed by atoms with Gasteiger partial charge in [-0.2, -0.15) is 4.40 Å². The number of nitrogens with zero attached hydrogens (tertiary/aromatic N) is 2. The Morgan fingerprint density at radius 2 is 1.87 bits per heavy atom. The van der Waals surface area contributed by atoms with Gasteiger partial charge in [0.1, 0.15) is 16.8 Å². The molecule has 1 unspecified atom stereocenters. The molecular formula is C10H20N2O2S. The Balaban J connectivity index is 2.62. The van der Waals surface area contributed by atoms with E-state index in [4.69, 9.17) is 4.74 Å². The van der Waals surface area contributed by atoms with Crippen LogP contribution in [0.25, 0.3) is 0 Å². The van der Waals surface area contributed by atoms with E-state index in [1.165, 1.54) is 0 Å². The average Bonchev–Trinajstić information content (AvgIpc) is 2.17. The molecule has 1 aliphatic heterocycles. The van der Waals surface area contributed by atoms with Gasteiger partial charge >= 0.3 is 0 Å². The van der Waals surface area contributed by atoms with E-state index < -0.39 is 11.0 Å². The fourth-order valence-corrected chi connectivity index (χ4v) is 1.83. The van der Waals surface area contributed by atoms with E-state index in [0.717, 1.165) is 32.1 Å². The van der Waals surface area contributed by atoms with E-state index in [2.05, 4.69) is 9.30 Å². The number of morpholine rings is 1. The molecule has 1 fully saturated rings. The molecule has 1 atom stereocenters. The van der Waals surface area contributed by atoms with Gasteiger partial charge in [-0.05, 0) is 27.7 Å². The average molecular weight is 232 g/mol. The van der Waals surface area contributed by atoms with Gasteiger partial charge in [0.05, 0.1) is 18.0 Å². The molecule has 0 amide bonds. The third-order valence-corrected chi connectivity index (χ3v) is 3.69. The smallest absolute Gasteiger partial charge is 0.146 e. The SMILES string of the molecule is C/C(=N\S(=O)C(C)(C)C)N1CCOCC1. The molecule has 4 nitrogen and oxygen atoms in total. The summed E-state index contributed by atoms with van der Waals surface area (Å²) in [6, 6.07) is 0. The molecule has 1 aliphatic rings. The molecule has 0 saturated carbocycles. The van der Waals surface area contributed by atoms with Gasteiger partial charge in [0.15, 0.2) is 0 Å². The predicted octanol–water partition coefficient (Wildman–Crippen LogP) is 1.20. The zero-order valence-corrected chi connectivity index (χ0v) is 10.8. The van der Waals surface area contributed by atoms with Crippen molar-refractivity contribution in [3.63, 3.8) is 0 Å². The minimum atomic E-state index is -1.16. The second kappa shape index (κ2) is 5.07. The highest BCUT2D eigenvalue weighted by molar-refractivity contribution is 7.85. The molecule has 5 heteroatoms. The fourth-order valence-electron chi connectivity index (χ4n) is 1.20. The highest BCUT2D eigenvalue weighted by Crippen LogP contribution is 2.13. The minimum absolute atomic E-state index is 0.284. The van der Waals surface area contributed by atoms with Crippen molar-refractivity contribution in [2.24, 2.45) is 4.40 Å². The maximum absolute atomic E-state index is 11.8. The van der Waals surface area contributed by atoms with Crippen molar-refractivity contribution in [1.29, 1.82) is 0 Å². The molecule has 0 aromatic heterocycles. The standard InChI is InChI=1S/C10H20N2O2S/c1-9(11-15(13)10(2,3)4)12-5-7-14-8-6-12/h5-8H2,1-4H3/b11-9+. The molecule has 0 bridgehead atoms. The van der Waals surface area contributed by atoms with Crippen LogP contribution in [-0.2, 0) is 15.7 Å². The summed E-state index contributed by atoms with van der Waals surface area (Å²) in [4.78, 5) is 2.12. The monoisotopic (exact) mass is 232 g/mol. The summed E-state index contributed by atoms with van der Waals surface area (Å²) in [6.45, 7) is 10.9. The van der Waals surface area contributed by atoms with Crippen LogP contribution in [0.5, 0.6) is 0 Å². The Morgan fingerprint density at radius 3 is 2.33 bits per heavy atom. The number of hydrogen-bond donors (Lipinski definition) is 0. The first-order valence-electron chi connectivity index (χ1n) is 5.21. The number of rotatable bonds is 1. The van der Waals surface area contributed by atoms with Gasteiger partial charge in [0.25, 0.3) is 0 Å². The first-order valence-corrected chi connectivity index (χ1v) is 6.32. The number of amidine groups is 1. The van der Waals surface area contributed by atoms with Crippen LogP contribution in [0.3, 0.4) is 0 Å². The minimum Gasteiger partial charge on any atom is -0.378 e. The molecule has 0 spiro atoms. The predicted molar refractivity (Wildman–Crippen MR) is 63.4 cm³/mol. The van der Waals surface area contributed by atoms with Gasteiger partial charge < -0.3 is 9.64 Å². The first-order chi connectivity index (χ1) is 6.91. The van der Waals surface area contributed by atoms with Crippen LogP contribution in [-0.4, -0.2) is 46.0 Å². The lowest BCUT2D eigenvalue weighted by Crippen LogP contribution is -2.40. The summed E-state index contributed by atoms with van der Waals surface area (Å²) >= 11 is 0. The molecule has 0 N–H and O–H groups in total. The van der Waals surface area contributed by atoms with E-state index >= 15 is 0 Å². The second-order valence-corrected chi connectivity index (χ2v) is 6.51. The second-order valence-electron chi connectivity index (χ2n) is 4.60. The van der Waals surface area contributed by atoms with Crippen LogP contribution in [0.1, 0.15) is 27.7 Å². The quantitative estimate of drug-likeness (QED) is 0.504. The zero-order chi connectivity index (χ0) is 11.5. The fraction of sp³-hybridized carbons (Fsp3) is 0.900. The van der Waals surface area contributed by atoms with Gasteiger partial charge in [-0.3, -0.25) is 0 Å². The van der Waals surface area contributed by atoms with Crippen LogP contribution in [0, 0.1) is 0 Å². The van der Waals surface area contributed by atoms with Crippen molar-refractivity contribution in [2.45, 2.75) is 32.4 Å². The van der Waals surface area contributed by atoms with Gasteiger partial charge in [0.2, 0.25) is 0 Å². The van der Waals surface area contributed by atoms with Crippen LogP contribution in [0.4, 0.5) is 0 Å². The van der Waals surface area contributed by atoms with Crippen molar-refractivity contribution in [3.05, 3.63) is 0 Å². The Kier molecular flexibility index (Phi) is 4.28. The summed E-state index contributed by atoms with van der Waals surface area (Å²) in [6.07, 6.45) is 0. The molecular weight excluding hydrogens is 212 g/mol. The van der Waals surface area contributed by atoms with Crippen LogP contribution in [0.15, 0.2) is 4.40 Å². The molecule has 1 saturated heterocycles. The van der Waals surface area contributed by atoms with E-state index in [-0.39, 0.29) is 4.75 Å². The van der Waals surface area contributed by atoms with Crippen molar-refractivity contribution >= 4 is 16.8 Å². The number of hydrogen-bond acceptors (Lipinski definition) is 2. The Labute approximate surface area is 94.3 Å². The van der Waals surface area contributed by atoms with Crippen LogP contribution in [0.2, 0.25) is 0 Å². The van der Waals surface area contributed by atoms with E-state index in [1.807, 2.05) is 27.7 Å². The lowest BCUT2D eigenvalue weighted by atomic mass is 10.3. The van der Waals surface area contributed by atoms with Crippen LogP contribution < -0.4 is 0 Å². The lowest BCUT2D eigenvalue weighted by Gasteiger charge is -2.28. The summed E-state index contributed by atoms with van der Waals surface area (Å²) in [5, 5.41) is 0. The highest BCUT2D eigenvalue weighted by atomic mass is 32.2. The third-order valence-electron chi connectivity index (χ3n) is 2.21. The van der Waals surface area contributed by atoms with E-state index in [9.17, 15) is 4.21 Å². The molecule has 0 aromatic carbocycles. The molecule has 0 aliphatic carbocycles. The Hall–Kier alpha value is -0.420. The maximum atomic E-state index is 11.8. The summed E-state index contributed by atoms with van der Waals surface area (Å²) < 4.78 is 21.0. The third kappa shape index (κ3) is 3.91. The molecule has 0 aromatic rings. The normalized spacial score (nSPS) is 21.6. The summed E-state index contributed by atoms with van der Waals surface area (Å²) in [7, 11) is -1.16. The van der Waals surface area contributed by atoms with Crippen molar-refractivity contribution in [2.75, 3.05) is 26.3 Å². The molecule has 15 heavy (non-hydrogen) atoms. The van der Waals surface area contributed by atoms with Gasteiger partial charge in [0, 0.05) is 13.1 Å². The first kappa shape index (κ1) is 12.6. The van der Waals surface area contributed by atoms with Crippen molar-refractivity contribution in [3.8, 4) is 0 Å². The number of ether oxygens (including phenoxy) is 1. The zero-order valence-electron chi connectivity index (χ0n) is 9.95. The maximum Gasteiger partial charge on any atom is 0.146 e. The Bertz CT molecular complexity index is 265. The summed E-state index contributed by atoms with van der Waals surface area (Å²) in [5.74, 6) is 0.853. The van der Waals surface area contributed by atoms with Crippen molar-refractivity contribution < 1.29 is 8.95 Å². The Morgan fingerprint density at radius 1 is 1.33 bits per heavy atom. The van der Waals surface area contributed by atoms with E-state index in [1.54, 1.807) is 0 Å². The van der Waals surface area contributed by atoms with Gasteiger partial charge in [-0.25, -0.2) is 4.21 Å². The largest absolute Gasteiger partial charge is 0.378 e. The highest BCUT2D eigenvalue weighted by Gasteiger charge is 2.20. The molecule has 1 heterocycles. The molecule has 0 radical (unpaired) electrons. The topological polar surface area (TPSA) is 41.9 Å². The van der Waals surface area contributed by atoms with Crippen molar-refractivity contribution in [1.82, 2.24) is 4.90 Å².